The van der Waals surface area contributed by atoms with Crippen molar-refractivity contribution >= 4 is 23.4 Å². The molecule has 0 aromatic carbocycles. The van der Waals surface area contributed by atoms with E-state index in [0.717, 1.165) is 17.3 Å². The summed E-state index contributed by atoms with van der Waals surface area (Å²) in [7, 11) is 0. The van der Waals surface area contributed by atoms with Crippen molar-refractivity contribution in [1.82, 2.24) is 4.90 Å². The lowest BCUT2D eigenvalue weighted by atomic mass is 9.96. The zero-order valence-electron chi connectivity index (χ0n) is 11.3. The van der Waals surface area contributed by atoms with Crippen molar-refractivity contribution in [2.45, 2.75) is 32.7 Å². The van der Waals surface area contributed by atoms with E-state index < -0.39 is 5.97 Å². The van der Waals surface area contributed by atoms with E-state index in [0.29, 0.717) is 0 Å². The van der Waals surface area contributed by atoms with Crippen LogP contribution in [0.5, 0.6) is 0 Å². The number of nitrogens with zero attached hydrogens (tertiary/aromatic N) is 1. The van der Waals surface area contributed by atoms with Gasteiger partial charge >= 0.3 is 5.97 Å². The first-order chi connectivity index (χ1) is 9.17. The zero-order valence-corrected chi connectivity index (χ0v) is 12.2. The van der Waals surface area contributed by atoms with Gasteiger partial charge < -0.3 is 5.11 Å². The van der Waals surface area contributed by atoms with Gasteiger partial charge in [0.1, 0.15) is 0 Å². The molecule has 1 aromatic heterocycles. The summed E-state index contributed by atoms with van der Waals surface area (Å²) in [6, 6.07) is 4.11. The summed E-state index contributed by atoms with van der Waals surface area (Å²) in [5.74, 6) is -0.0446. The first-order valence-electron chi connectivity index (χ1n) is 6.89. The Morgan fingerprint density at radius 3 is 3.16 bits per heavy atom. The lowest BCUT2D eigenvalue weighted by Gasteiger charge is -2.31. The largest absolute Gasteiger partial charge is 0.478 e. The maximum absolute atomic E-state index is 10.5. The van der Waals surface area contributed by atoms with Gasteiger partial charge in [0, 0.05) is 28.9 Å². The highest BCUT2D eigenvalue weighted by Crippen LogP contribution is 2.24. The van der Waals surface area contributed by atoms with Crippen LogP contribution < -0.4 is 0 Å². The van der Waals surface area contributed by atoms with Crippen LogP contribution in [0, 0.1) is 5.92 Å². The van der Waals surface area contributed by atoms with Crippen LogP contribution in [0.4, 0.5) is 0 Å². The molecule has 1 unspecified atom stereocenters. The first-order valence-corrected chi connectivity index (χ1v) is 7.71. The molecule has 0 saturated carbocycles. The summed E-state index contributed by atoms with van der Waals surface area (Å²) in [4.78, 5) is 15.3. The quantitative estimate of drug-likeness (QED) is 0.839. The van der Waals surface area contributed by atoms with Gasteiger partial charge in [0.15, 0.2) is 0 Å². The second-order valence-electron chi connectivity index (χ2n) is 5.13. The molecular weight excluding hydrogens is 258 g/mol. The molecule has 1 aliphatic rings. The molecule has 3 nitrogen and oxygen atoms in total. The van der Waals surface area contributed by atoms with Crippen LogP contribution in [-0.2, 0) is 11.3 Å². The number of carboxylic acids is 1. The van der Waals surface area contributed by atoms with Crippen molar-refractivity contribution in [3.63, 3.8) is 0 Å². The van der Waals surface area contributed by atoms with Gasteiger partial charge in [0.25, 0.3) is 0 Å². The van der Waals surface area contributed by atoms with Gasteiger partial charge in [-0.15, -0.1) is 11.3 Å². The molecule has 1 saturated heterocycles. The molecule has 0 bridgehead atoms. The van der Waals surface area contributed by atoms with E-state index in [1.165, 1.54) is 43.3 Å². The standard InChI is InChI=1S/C15H21NO2S/c1-2-12-4-3-9-16(10-12)11-14-6-5-13(19-14)7-8-15(17)18/h5-8,12H,2-4,9-11H2,1H3,(H,17,18)/b8-7+. The van der Waals surface area contributed by atoms with E-state index in [9.17, 15) is 4.79 Å². The number of aliphatic carboxylic acids is 1. The summed E-state index contributed by atoms with van der Waals surface area (Å²) in [5, 5.41) is 8.61. The summed E-state index contributed by atoms with van der Waals surface area (Å²) < 4.78 is 0. The SMILES string of the molecule is CCC1CCCN(Cc2ccc(/C=C/C(=O)O)s2)C1. The molecule has 0 amide bonds. The zero-order chi connectivity index (χ0) is 13.7. The van der Waals surface area contributed by atoms with Crippen LogP contribution in [0.15, 0.2) is 18.2 Å². The number of rotatable bonds is 5. The molecule has 0 spiro atoms. The van der Waals surface area contributed by atoms with Crippen molar-refractivity contribution in [2.75, 3.05) is 13.1 Å². The van der Waals surface area contributed by atoms with Gasteiger partial charge in [0.2, 0.25) is 0 Å². The van der Waals surface area contributed by atoms with E-state index >= 15 is 0 Å². The lowest BCUT2D eigenvalue weighted by Crippen LogP contribution is -2.34. The highest BCUT2D eigenvalue weighted by molar-refractivity contribution is 7.12. The minimum absolute atomic E-state index is 0.847. The first kappa shape index (κ1) is 14.3. The summed E-state index contributed by atoms with van der Waals surface area (Å²) in [5.41, 5.74) is 0. The smallest absolute Gasteiger partial charge is 0.328 e. The van der Waals surface area contributed by atoms with E-state index in [4.69, 9.17) is 5.11 Å². The van der Waals surface area contributed by atoms with Crippen LogP contribution in [0.2, 0.25) is 0 Å². The third kappa shape index (κ3) is 4.48. The number of piperidine rings is 1. The van der Waals surface area contributed by atoms with E-state index in [2.05, 4.69) is 17.9 Å². The maximum atomic E-state index is 10.5. The van der Waals surface area contributed by atoms with Crippen LogP contribution in [0.3, 0.4) is 0 Å². The van der Waals surface area contributed by atoms with Crippen LogP contribution in [0.1, 0.15) is 35.9 Å². The summed E-state index contributed by atoms with van der Waals surface area (Å²) in [6.45, 7) is 5.67. The predicted octanol–water partition coefficient (Wildman–Crippen LogP) is 3.47. The number of carboxylic acid groups (broad SMARTS) is 1. The Kier molecular flexibility index (Phi) is 5.16. The number of hydrogen-bond acceptors (Lipinski definition) is 3. The van der Waals surface area contributed by atoms with E-state index in [-0.39, 0.29) is 0 Å². The highest BCUT2D eigenvalue weighted by atomic mass is 32.1. The molecule has 2 rings (SSSR count). The predicted molar refractivity (Wildman–Crippen MR) is 79.3 cm³/mol. The molecule has 2 heterocycles. The van der Waals surface area contributed by atoms with Gasteiger partial charge in [-0.2, -0.15) is 0 Å². The van der Waals surface area contributed by atoms with Crippen molar-refractivity contribution in [2.24, 2.45) is 5.92 Å². The average Bonchev–Trinajstić information content (AvgIpc) is 2.84. The van der Waals surface area contributed by atoms with Gasteiger partial charge in [-0.25, -0.2) is 4.79 Å². The fourth-order valence-electron chi connectivity index (χ4n) is 2.57. The molecule has 0 radical (unpaired) electrons. The Labute approximate surface area is 118 Å². The monoisotopic (exact) mass is 279 g/mol. The Morgan fingerprint density at radius 1 is 1.58 bits per heavy atom. The Hall–Kier alpha value is -1.13. The van der Waals surface area contributed by atoms with Gasteiger partial charge in [0.05, 0.1) is 0 Å². The number of thiophene rings is 1. The van der Waals surface area contributed by atoms with Crippen LogP contribution >= 0.6 is 11.3 Å². The highest BCUT2D eigenvalue weighted by Gasteiger charge is 2.18. The van der Waals surface area contributed by atoms with Gasteiger partial charge in [-0.3, -0.25) is 4.90 Å². The molecule has 1 aliphatic heterocycles. The molecule has 0 aliphatic carbocycles. The molecule has 4 heteroatoms. The van der Waals surface area contributed by atoms with Gasteiger partial charge in [-0.1, -0.05) is 13.3 Å². The summed E-state index contributed by atoms with van der Waals surface area (Å²) in [6.07, 6.45) is 6.80. The number of carbonyl (C=O) groups is 1. The summed E-state index contributed by atoms with van der Waals surface area (Å²) >= 11 is 1.69. The van der Waals surface area contributed by atoms with Crippen molar-refractivity contribution < 1.29 is 9.90 Å². The third-order valence-electron chi connectivity index (χ3n) is 3.63. The molecule has 19 heavy (non-hydrogen) atoms. The second-order valence-corrected chi connectivity index (χ2v) is 6.33. The minimum Gasteiger partial charge on any atom is -0.478 e. The normalized spacial score (nSPS) is 21.0. The Morgan fingerprint density at radius 2 is 2.42 bits per heavy atom. The molecule has 1 aromatic rings. The third-order valence-corrected chi connectivity index (χ3v) is 4.67. The number of hydrogen-bond donors (Lipinski definition) is 1. The fourth-order valence-corrected chi connectivity index (χ4v) is 3.53. The van der Waals surface area contributed by atoms with E-state index in [1.807, 2.05) is 6.07 Å². The Balaban J connectivity index is 1.90. The molecular formula is C15H21NO2S. The lowest BCUT2D eigenvalue weighted by molar-refractivity contribution is -0.131. The fraction of sp³-hybridized carbons (Fsp3) is 0.533. The minimum atomic E-state index is -0.892. The molecule has 1 fully saturated rings. The van der Waals surface area contributed by atoms with Crippen LogP contribution in [0.25, 0.3) is 6.08 Å². The van der Waals surface area contributed by atoms with Crippen LogP contribution in [-0.4, -0.2) is 29.1 Å². The number of likely N-dealkylation sites (tertiary alicyclic amines) is 1. The Bertz CT molecular complexity index is 453. The van der Waals surface area contributed by atoms with Crippen molar-refractivity contribution in [1.29, 1.82) is 0 Å². The molecule has 104 valence electrons. The second kappa shape index (κ2) is 6.87. The van der Waals surface area contributed by atoms with Crippen molar-refractivity contribution in [3.05, 3.63) is 28.0 Å². The topological polar surface area (TPSA) is 40.5 Å². The van der Waals surface area contributed by atoms with Crippen molar-refractivity contribution in [3.8, 4) is 0 Å². The van der Waals surface area contributed by atoms with Gasteiger partial charge in [-0.05, 0) is 43.5 Å². The average molecular weight is 279 g/mol. The maximum Gasteiger partial charge on any atom is 0.328 e. The molecule has 1 atom stereocenters. The van der Waals surface area contributed by atoms with E-state index in [1.54, 1.807) is 17.4 Å². The molecule has 1 N–H and O–H groups in total.